The molecule has 8 amide bonds. The molecule has 1 aliphatic heterocycles. The molecule has 0 spiro atoms. The number of H-pyrrole nitrogens is 1. The quantitative estimate of drug-likeness (QED) is 0.0497. The fourth-order valence-corrected chi connectivity index (χ4v) is 6.57. The fourth-order valence-electron chi connectivity index (χ4n) is 6.32. The number of carboxylic acids is 1. The number of nitrogens with one attached hydrogen (secondary N) is 7. The average Bonchev–Trinajstić information content (AvgIpc) is 3.81. The number of hydrogen-bond acceptors (Lipinski definition) is 13. The lowest BCUT2D eigenvalue weighted by Crippen LogP contribution is -2.58. The van der Waals surface area contributed by atoms with E-state index in [9.17, 15) is 58.5 Å². The first kappa shape index (κ1) is 48.6. The van der Waals surface area contributed by atoms with Gasteiger partial charge in [-0.1, -0.05) is 38.5 Å². The normalized spacial score (nSPS) is 18.4. The molecule has 0 radical (unpaired) electrons. The van der Waals surface area contributed by atoms with Crippen LogP contribution < -0.4 is 43.4 Å². The third kappa shape index (κ3) is 13.6. The van der Waals surface area contributed by atoms with Gasteiger partial charge >= 0.3 is 5.97 Å². The van der Waals surface area contributed by atoms with Gasteiger partial charge in [-0.05, 0) is 24.5 Å². The summed E-state index contributed by atoms with van der Waals surface area (Å²) >= 11 is 4.07. The Morgan fingerprint density at radius 1 is 0.883 bits per heavy atom. The Labute approximate surface area is 350 Å². The lowest BCUT2D eigenvalue weighted by Gasteiger charge is -2.28. The molecule has 60 heavy (non-hydrogen) atoms. The number of para-hydroxylation sites is 1. The van der Waals surface area contributed by atoms with E-state index in [4.69, 9.17) is 11.5 Å². The SMILES string of the molecule is CC[C@H](C)[C@H](NC(=O)CNC(=O)[C@H](Cc1c[nH]c2ccccc12)NC(=O)[C@@H](N)[C@@H](C)O)C(=O)NCC(=O)N[C@@H](CS)C(=O)N[C@@H](CC(N)=O)C(=O)N1C[C@H](O)C[C@H]1C(=O)O. The maximum atomic E-state index is 13.4. The number of aromatic amines is 1. The van der Waals surface area contributed by atoms with Crippen LogP contribution in [0, 0.1) is 5.92 Å². The van der Waals surface area contributed by atoms with Crippen molar-refractivity contribution in [2.24, 2.45) is 17.4 Å². The van der Waals surface area contributed by atoms with Crippen molar-refractivity contribution in [3.05, 3.63) is 36.0 Å². The Balaban J connectivity index is 1.61. The standard InChI is InChI=1S/C37H54N10O12S/c1-4-17(2)31(46-29(52)14-41-32(53)23(44-34(55)30(39)18(3)48)9-19-12-40-22-8-6-5-7-21(19)22)35(56)42-13-28(51)43-25(16-60)33(54)45-24(11-27(38)50)36(57)47-15-20(49)10-26(47)37(58)59/h5-8,12,17-18,20,23-26,30-31,40,48-49,60H,4,9-11,13-16,39H2,1-3H3,(H2,38,50)(H,41,53)(H,42,56)(H,43,51)(H,44,55)(H,45,54)(H,46,52)(H,58,59)/t17-,18+,20+,23-,24-,25-,26-,30-,31-/m0/s1. The minimum Gasteiger partial charge on any atom is -0.480 e. The van der Waals surface area contributed by atoms with Gasteiger partial charge in [0.05, 0.1) is 31.7 Å². The van der Waals surface area contributed by atoms with Crippen LogP contribution in [0.4, 0.5) is 0 Å². The average molecular weight is 863 g/mol. The molecule has 0 aliphatic carbocycles. The Morgan fingerprint density at radius 3 is 2.10 bits per heavy atom. The number of nitrogens with two attached hydrogens (primary N) is 2. The van der Waals surface area contributed by atoms with Crippen LogP contribution in [0.25, 0.3) is 10.9 Å². The lowest BCUT2D eigenvalue weighted by molar-refractivity contribution is -0.149. The topological polar surface area (TPSA) is 358 Å². The van der Waals surface area contributed by atoms with Crippen LogP contribution in [0.15, 0.2) is 30.5 Å². The summed E-state index contributed by atoms with van der Waals surface area (Å²) in [5.41, 5.74) is 12.5. The molecule has 3 rings (SSSR count). The van der Waals surface area contributed by atoms with Crippen LogP contribution in [0.3, 0.4) is 0 Å². The highest BCUT2D eigenvalue weighted by Crippen LogP contribution is 2.21. The van der Waals surface area contributed by atoms with E-state index in [1.807, 2.05) is 18.2 Å². The van der Waals surface area contributed by atoms with Crippen molar-refractivity contribution in [2.45, 2.75) is 94.9 Å². The van der Waals surface area contributed by atoms with Gasteiger partial charge in [-0.2, -0.15) is 12.6 Å². The summed E-state index contributed by atoms with van der Waals surface area (Å²) in [7, 11) is 0. The van der Waals surface area contributed by atoms with Crippen molar-refractivity contribution in [3.8, 4) is 0 Å². The summed E-state index contributed by atoms with van der Waals surface area (Å²) in [4.78, 5) is 119. The highest BCUT2D eigenvalue weighted by Gasteiger charge is 2.42. The number of aromatic nitrogens is 1. The summed E-state index contributed by atoms with van der Waals surface area (Å²) in [6, 6.07) is -0.946. The number of benzene rings is 1. The first-order valence-electron chi connectivity index (χ1n) is 19.1. The second kappa shape index (κ2) is 22.6. The molecular weight excluding hydrogens is 809 g/mol. The van der Waals surface area contributed by atoms with Crippen LogP contribution >= 0.6 is 12.6 Å². The number of thiol groups is 1. The van der Waals surface area contributed by atoms with Gasteiger partial charge in [0, 0.05) is 42.2 Å². The number of hydrogen-bond donors (Lipinski definition) is 13. The van der Waals surface area contributed by atoms with E-state index in [2.05, 4.69) is 49.5 Å². The summed E-state index contributed by atoms with van der Waals surface area (Å²) in [5, 5.41) is 44.5. The molecule has 0 unspecified atom stereocenters. The molecule has 23 heteroatoms. The summed E-state index contributed by atoms with van der Waals surface area (Å²) in [6.45, 7) is 3.06. The zero-order chi connectivity index (χ0) is 44.8. The minimum absolute atomic E-state index is 0.00561. The van der Waals surface area contributed by atoms with E-state index in [0.29, 0.717) is 12.0 Å². The van der Waals surface area contributed by atoms with Crippen molar-refractivity contribution < 1.29 is 58.5 Å². The minimum atomic E-state index is -1.64. The number of aliphatic hydroxyl groups is 2. The number of likely N-dealkylation sites (tertiary alicyclic amines) is 1. The molecule has 1 aromatic carbocycles. The number of aliphatic carboxylic acids is 1. The van der Waals surface area contributed by atoms with E-state index in [1.54, 1.807) is 26.1 Å². The molecule has 1 aliphatic rings. The summed E-state index contributed by atoms with van der Waals surface area (Å²) < 4.78 is 0. The van der Waals surface area contributed by atoms with Crippen LogP contribution in [-0.2, 0) is 49.6 Å². The molecule has 0 bridgehead atoms. The van der Waals surface area contributed by atoms with E-state index in [1.165, 1.54) is 6.92 Å². The molecule has 330 valence electrons. The Morgan fingerprint density at radius 2 is 1.50 bits per heavy atom. The van der Waals surface area contributed by atoms with Crippen molar-refractivity contribution in [1.82, 2.24) is 41.8 Å². The molecule has 22 nitrogen and oxygen atoms in total. The lowest BCUT2D eigenvalue weighted by atomic mass is 9.98. The van der Waals surface area contributed by atoms with Crippen LogP contribution in [0.5, 0.6) is 0 Å². The molecule has 0 saturated carbocycles. The van der Waals surface area contributed by atoms with Gasteiger partial charge in [-0.3, -0.25) is 38.4 Å². The first-order valence-corrected chi connectivity index (χ1v) is 19.7. The molecular formula is C37H54N10O12S. The first-order chi connectivity index (χ1) is 28.3. The Hall–Kier alpha value is -5.78. The highest BCUT2D eigenvalue weighted by molar-refractivity contribution is 7.80. The number of β-amino-alcohol motifs (C(OH)–C–C–N with tert-alkyl or cyclic N) is 1. The Bertz CT molecular complexity index is 1910. The van der Waals surface area contributed by atoms with Gasteiger partial charge in [-0.15, -0.1) is 0 Å². The van der Waals surface area contributed by atoms with Gasteiger partial charge < -0.3 is 68.6 Å². The second-order valence-corrected chi connectivity index (χ2v) is 14.9. The number of aliphatic hydroxyl groups excluding tert-OH is 2. The number of primary amides is 1. The van der Waals surface area contributed by atoms with Crippen LogP contribution in [0.2, 0.25) is 0 Å². The van der Waals surface area contributed by atoms with Gasteiger partial charge in [-0.25, -0.2) is 4.79 Å². The number of carbonyl (C=O) groups is 9. The fraction of sp³-hybridized carbons (Fsp3) is 0.541. The zero-order valence-corrected chi connectivity index (χ0v) is 34.2. The number of fused-ring (bicyclic) bond motifs is 1. The number of nitrogens with zero attached hydrogens (tertiary/aromatic N) is 1. The number of carbonyl (C=O) groups excluding carboxylic acids is 8. The van der Waals surface area contributed by atoms with E-state index in [0.717, 1.165) is 15.8 Å². The zero-order valence-electron chi connectivity index (χ0n) is 33.3. The van der Waals surface area contributed by atoms with Crippen molar-refractivity contribution in [2.75, 3.05) is 25.4 Å². The van der Waals surface area contributed by atoms with Crippen LogP contribution in [0.1, 0.15) is 45.6 Å². The van der Waals surface area contributed by atoms with Crippen molar-refractivity contribution in [3.63, 3.8) is 0 Å². The third-order valence-electron chi connectivity index (χ3n) is 9.91. The number of amides is 8. The molecule has 9 atom stereocenters. The monoisotopic (exact) mass is 862 g/mol. The predicted octanol–water partition coefficient (Wildman–Crippen LogP) is -4.51. The summed E-state index contributed by atoms with van der Waals surface area (Å²) in [5.74, 6) is -9.19. The van der Waals surface area contributed by atoms with Gasteiger partial charge in [0.1, 0.15) is 36.3 Å². The molecule has 2 aromatic rings. The highest BCUT2D eigenvalue weighted by atomic mass is 32.1. The summed E-state index contributed by atoms with van der Waals surface area (Å²) in [6.07, 6.45) is -1.30. The molecule has 2 heterocycles. The van der Waals surface area contributed by atoms with Gasteiger partial charge in [0.15, 0.2) is 0 Å². The van der Waals surface area contributed by atoms with Gasteiger partial charge in [0.2, 0.25) is 47.3 Å². The van der Waals surface area contributed by atoms with Crippen molar-refractivity contribution >= 4 is 76.8 Å². The molecule has 14 N–H and O–H groups in total. The smallest absolute Gasteiger partial charge is 0.326 e. The predicted molar refractivity (Wildman–Crippen MR) is 216 cm³/mol. The largest absolute Gasteiger partial charge is 0.480 e. The molecule has 1 saturated heterocycles. The Kier molecular flexibility index (Phi) is 18.3. The van der Waals surface area contributed by atoms with E-state index < -0.39 is 127 Å². The van der Waals surface area contributed by atoms with Gasteiger partial charge in [0.25, 0.3) is 0 Å². The maximum absolute atomic E-state index is 13.4. The van der Waals surface area contributed by atoms with E-state index >= 15 is 0 Å². The van der Waals surface area contributed by atoms with E-state index in [-0.39, 0.29) is 25.1 Å². The molecule has 1 aromatic heterocycles. The van der Waals surface area contributed by atoms with Crippen molar-refractivity contribution in [1.29, 1.82) is 0 Å². The second-order valence-electron chi connectivity index (χ2n) is 14.5. The number of carboxylic acid groups (broad SMARTS) is 1. The molecule has 1 fully saturated rings. The van der Waals surface area contributed by atoms with Crippen LogP contribution in [-0.4, -0.2) is 152 Å². The third-order valence-corrected chi connectivity index (χ3v) is 10.3. The maximum Gasteiger partial charge on any atom is 0.326 e. The number of rotatable bonds is 22.